The van der Waals surface area contributed by atoms with Crippen LogP contribution in [0.1, 0.15) is 15.9 Å². The summed E-state index contributed by atoms with van der Waals surface area (Å²) in [5.41, 5.74) is 5.67. The van der Waals surface area contributed by atoms with E-state index in [-0.39, 0.29) is 12.5 Å². The second kappa shape index (κ2) is 11.6. The first-order chi connectivity index (χ1) is 17.1. The third-order valence-corrected chi connectivity index (χ3v) is 5.12. The fourth-order valence-electron chi connectivity index (χ4n) is 3.14. The number of ether oxygens (including phenoxy) is 2. The molecular weight excluding hydrogens is 464 g/mol. The first-order valence-corrected chi connectivity index (χ1v) is 11.1. The molecule has 1 amide bonds. The van der Waals surface area contributed by atoms with Crippen LogP contribution in [0, 0.1) is 0 Å². The lowest BCUT2D eigenvalue weighted by molar-refractivity contribution is -0.123. The minimum Gasteiger partial charge on any atom is -0.484 e. The Balaban J connectivity index is 1.22. The van der Waals surface area contributed by atoms with Crippen molar-refractivity contribution in [1.29, 1.82) is 0 Å². The van der Waals surface area contributed by atoms with E-state index in [1.807, 2.05) is 54.6 Å². The molecule has 4 aromatic rings. The Morgan fingerprint density at radius 1 is 0.800 bits per heavy atom. The number of benzene rings is 4. The highest BCUT2D eigenvalue weighted by Crippen LogP contribution is 2.22. The first-order valence-electron chi connectivity index (χ1n) is 10.7. The molecule has 0 aliphatic carbocycles. The number of carbonyl (C=O) groups excluding carboxylic acids is 2. The molecule has 0 bridgehead atoms. The van der Waals surface area contributed by atoms with Gasteiger partial charge in [-0.25, -0.2) is 10.2 Å². The van der Waals surface area contributed by atoms with Crippen LogP contribution in [0.2, 0.25) is 5.02 Å². The molecule has 4 rings (SSSR count). The van der Waals surface area contributed by atoms with Crippen molar-refractivity contribution in [3.05, 3.63) is 119 Å². The second-order valence-electron chi connectivity index (χ2n) is 7.44. The summed E-state index contributed by atoms with van der Waals surface area (Å²) in [5, 5.41) is 4.39. The summed E-state index contributed by atoms with van der Waals surface area (Å²) in [6, 6.07) is 30.7. The van der Waals surface area contributed by atoms with Crippen LogP contribution in [0.5, 0.6) is 11.5 Å². The summed E-state index contributed by atoms with van der Waals surface area (Å²) < 4.78 is 10.8. The maximum atomic E-state index is 12.2. The van der Waals surface area contributed by atoms with Gasteiger partial charge >= 0.3 is 5.97 Å². The fourth-order valence-corrected chi connectivity index (χ4v) is 3.33. The molecule has 0 fully saturated rings. The zero-order valence-electron chi connectivity index (χ0n) is 18.6. The molecule has 0 saturated heterocycles. The molecule has 6 nitrogen and oxygen atoms in total. The molecule has 0 heterocycles. The van der Waals surface area contributed by atoms with E-state index in [0.717, 1.165) is 11.1 Å². The predicted molar refractivity (Wildman–Crippen MR) is 136 cm³/mol. The summed E-state index contributed by atoms with van der Waals surface area (Å²) in [5.74, 6) is 0.0749. The average molecular weight is 485 g/mol. The number of nitrogens with one attached hydrogen (secondary N) is 1. The van der Waals surface area contributed by atoms with Gasteiger partial charge in [0.05, 0.1) is 11.8 Å². The Kier molecular flexibility index (Phi) is 7.88. The number of rotatable bonds is 8. The van der Waals surface area contributed by atoms with Gasteiger partial charge in [-0.05, 0) is 71.3 Å². The molecule has 174 valence electrons. The van der Waals surface area contributed by atoms with E-state index >= 15 is 0 Å². The summed E-state index contributed by atoms with van der Waals surface area (Å²) in [6.45, 7) is -0.166. The van der Waals surface area contributed by atoms with Gasteiger partial charge in [-0.15, -0.1) is 0 Å². The number of esters is 1. The fraction of sp³-hybridized carbons (Fsp3) is 0.0357. The third-order valence-electron chi connectivity index (χ3n) is 4.89. The first kappa shape index (κ1) is 23.7. The molecule has 4 aromatic carbocycles. The van der Waals surface area contributed by atoms with Crippen molar-refractivity contribution in [2.75, 3.05) is 6.61 Å². The van der Waals surface area contributed by atoms with Crippen LogP contribution >= 0.6 is 11.6 Å². The normalized spacial score (nSPS) is 10.7. The Morgan fingerprint density at radius 3 is 2.20 bits per heavy atom. The molecule has 0 unspecified atom stereocenters. The van der Waals surface area contributed by atoms with Crippen molar-refractivity contribution in [1.82, 2.24) is 5.43 Å². The number of hydrogen-bond donors (Lipinski definition) is 1. The number of halogens is 1. The quantitative estimate of drug-likeness (QED) is 0.149. The van der Waals surface area contributed by atoms with Gasteiger partial charge in [0.25, 0.3) is 5.91 Å². The zero-order valence-corrected chi connectivity index (χ0v) is 19.3. The monoisotopic (exact) mass is 484 g/mol. The molecule has 7 heteroatoms. The van der Waals surface area contributed by atoms with E-state index in [2.05, 4.69) is 10.5 Å². The van der Waals surface area contributed by atoms with Crippen LogP contribution in [-0.4, -0.2) is 24.7 Å². The highest BCUT2D eigenvalue weighted by atomic mass is 35.5. The Bertz CT molecular complexity index is 1320. The molecule has 0 atom stereocenters. The molecular formula is C28H21ClN2O4. The van der Waals surface area contributed by atoms with Crippen molar-refractivity contribution >= 4 is 29.7 Å². The summed E-state index contributed by atoms with van der Waals surface area (Å²) in [7, 11) is 0. The lowest BCUT2D eigenvalue weighted by Crippen LogP contribution is -2.24. The Labute approximate surface area is 207 Å². The topological polar surface area (TPSA) is 77.0 Å². The van der Waals surface area contributed by atoms with Gasteiger partial charge in [0.15, 0.2) is 6.61 Å². The van der Waals surface area contributed by atoms with Crippen LogP contribution in [-0.2, 0) is 4.79 Å². The van der Waals surface area contributed by atoms with Crippen LogP contribution in [0.25, 0.3) is 11.1 Å². The number of amides is 1. The molecule has 0 saturated carbocycles. The summed E-state index contributed by atoms with van der Waals surface area (Å²) in [6.07, 6.45) is 1.48. The van der Waals surface area contributed by atoms with Crippen molar-refractivity contribution in [3.8, 4) is 22.6 Å². The molecule has 0 spiro atoms. The van der Waals surface area contributed by atoms with E-state index in [1.165, 1.54) is 12.3 Å². The maximum Gasteiger partial charge on any atom is 0.343 e. The van der Waals surface area contributed by atoms with Gasteiger partial charge < -0.3 is 9.47 Å². The molecule has 35 heavy (non-hydrogen) atoms. The van der Waals surface area contributed by atoms with Crippen molar-refractivity contribution in [2.24, 2.45) is 5.10 Å². The molecule has 0 aromatic heterocycles. The largest absolute Gasteiger partial charge is 0.484 e. The Morgan fingerprint density at radius 2 is 1.49 bits per heavy atom. The number of carbonyl (C=O) groups is 2. The van der Waals surface area contributed by atoms with Gasteiger partial charge in [-0.1, -0.05) is 60.1 Å². The van der Waals surface area contributed by atoms with Crippen LogP contribution in [0.3, 0.4) is 0 Å². The van der Waals surface area contributed by atoms with E-state index in [9.17, 15) is 9.59 Å². The van der Waals surface area contributed by atoms with E-state index in [4.69, 9.17) is 21.1 Å². The van der Waals surface area contributed by atoms with Crippen LogP contribution in [0.4, 0.5) is 0 Å². The van der Waals surface area contributed by atoms with Gasteiger partial charge in [0.1, 0.15) is 11.5 Å². The van der Waals surface area contributed by atoms with Crippen molar-refractivity contribution in [3.63, 3.8) is 0 Å². The highest BCUT2D eigenvalue weighted by Gasteiger charge is 2.09. The number of hydrazone groups is 1. The van der Waals surface area contributed by atoms with Gasteiger partial charge in [0, 0.05) is 5.02 Å². The smallest absolute Gasteiger partial charge is 0.343 e. The highest BCUT2D eigenvalue weighted by molar-refractivity contribution is 6.30. The molecule has 1 N–H and O–H groups in total. The summed E-state index contributed by atoms with van der Waals surface area (Å²) >= 11 is 5.90. The SMILES string of the molecule is O=C(COc1ccc(-c2ccccc2)cc1)N/N=C\c1ccc(OC(=O)c2cccc(Cl)c2)cc1. The number of hydrogen-bond acceptors (Lipinski definition) is 5. The van der Waals surface area contributed by atoms with E-state index in [0.29, 0.717) is 27.6 Å². The van der Waals surface area contributed by atoms with E-state index in [1.54, 1.807) is 42.5 Å². The lowest BCUT2D eigenvalue weighted by Gasteiger charge is -2.07. The number of nitrogens with zero attached hydrogens (tertiary/aromatic N) is 1. The maximum absolute atomic E-state index is 12.2. The average Bonchev–Trinajstić information content (AvgIpc) is 2.89. The second-order valence-corrected chi connectivity index (χ2v) is 7.88. The molecule has 0 radical (unpaired) electrons. The van der Waals surface area contributed by atoms with Crippen molar-refractivity contribution < 1.29 is 19.1 Å². The molecule has 0 aliphatic rings. The van der Waals surface area contributed by atoms with Crippen LogP contribution < -0.4 is 14.9 Å². The van der Waals surface area contributed by atoms with Gasteiger partial charge in [-0.3, -0.25) is 4.79 Å². The van der Waals surface area contributed by atoms with Crippen molar-refractivity contribution in [2.45, 2.75) is 0 Å². The minimum absolute atomic E-state index is 0.166. The lowest BCUT2D eigenvalue weighted by atomic mass is 10.1. The van der Waals surface area contributed by atoms with Gasteiger partial charge in [-0.2, -0.15) is 5.10 Å². The predicted octanol–water partition coefficient (Wildman–Crippen LogP) is 5.76. The molecule has 0 aliphatic heterocycles. The van der Waals surface area contributed by atoms with E-state index < -0.39 is 5.97 Å². The standard InChI is InChI=1S/C28H21ClN2O4/c29-24-8-4-7-23(17-24)28(33)35-26-13-9-20(10-14-26)18-30-31-27(32)19-34-25-15-11-22(12-16-25)21-5-2-1-3-6-21/h1-18H,19H2,(H,31,32)/b30-18-. The minimum atomic E-state index is -0.504. The third kappa shape index (κ3) is 7.03. The summed E-state index contributed by atoms with van der Waals surface area (Å²) in [4.78, 5) is 24.2. The zero-order chi connectivity index (χ0) is 24.5. The van der Waals surface area contributed by atoms with Crippen LogP contribution in [0.15, 0.2) is 108 Å². The Hall–Kier alpha value is -4.42. The van der Waals surface area contributed by atoms with Gasteiger partial charge in [0.2, 0.25) is 0 Å².